The Labute approximate surface area is 90.2 Å². The summed E-state index contributed by atoms with van der Waals surface area (Å²) >= 11 is 0. The number of carbonyl (C=O) groups excluding carboxylic acids is 2. The van der Waals surface area contributed by atoms with Crippen molar-refractivity contribution in [2.75, 3.05) is 33.7 Å². The van der Waals surface area contributed by atoms with E-state index in [0.717, 1.165) is 25.9 Å². The summed E-state index contributed by atoms with van der Waals surface area (Å²) in [6.45, 7) is 1.87. The number of amides is 2. The summed E-state index contributed by atoms with van der Waals surface area (Å²) in [6, 6.07) is 0. The summed E-state index contributed by atoms with van der Waals surface area (Å²) in [5, 5.41) is 5.70. The SMILES string of the molecule is CNC(=O)CN(C)C(=O)C1CCCNC1. The van der Waals surface area contributed by atoms with E-state index in [9.17, 15) is 9.59 Å². The second-order valence-corrected chi connectivity index (χ2v) is 3.91. The molecule has 1 atom stereocenters. The third-order valence-corrected chi connectivity index (χ3v) is 2.68. The Bertz CT molecular complexity index is 237. The minimum atomic E-state index is -0.130. The van der Waals surface area contributed by atoms with Gasteiger partial charge in [-0.05, 0) is 19.4 Å². The minimum Gasteiger partial charge on any atom is -0.358 e. The zero-order chi connectivity index (χ0) is 11.3. The number of hydrogen-bond donors (Lipinski definition) is 2. The first-order chi connectivity index (χ1) is 7.15. The highest BCUT2D eigenvalue weighted by Gasteiger charge is 2.24. The lowest BCUT2D eigenvalue weighted by Gasteiger charge is -2.26. The summed E-state index contributed by atoms with van der Waals surface area (Å²) in [6.07, 6.45) is 1.95. The van der Waals surface area contributed by atoms with Crippen molar-refractivity contribution in [1.82, 2.24) is 15.5 Å². The number of nitrogens with zero attached hydrogens (tertiary/aromatic N) is 1. The van der Waals surface area contributed by atoms with E-state index in [1.54, 1.807) is 14.1 Å². The Hall–Kier alpha value is -1.10. The molecule has 0 aromatic rings. The molecular formula is C10H19N3O2. The standard InChI is InChI=1S/C10H19N3O2/c1-11-9(14)7-13(2)10(15)8-4-3-5-12-6-8/h8,12H,3-7H2,1-2H3,(H,11,14). The van der Waals surface area contributed by atoms with Crippen LogP contribution in [0.4, 0.5) is 0 Å². The zero-order valence-corrected chi connectivity index (χ0v) is 9.38. The van der Waals surface area contributed by atoms with Crippen LogP contribution in [0.25, 0.3) is 0 Å². The highest BCUT2D eigenvalue weighted by atomic mass is 16.2. The third-order valence-electron chi connectivity index (χ3n) is 2.68. The zero-order valence-electron chi connectivity index (χ0n) is 9.38. The molecule has 15 heavy (non-hydrogen) atoms. The van der Waals surface area contributed by atoms with Gasteiger partial charge in [-0.3, -0.25) is 9.59 Å². The topological polar surface area (TPSA) is 61.4 Å². The van der Waals surface area contributed by atoms with Crippen LogP contribution < -0.4 is 10.6 Å². The second-order valence-electron chi connectivity index (χ2n) is 3.91. The maximum atomic E-state index is 11.9. The number of nitrogens with one attached hydrogen (secondary N) is 2. The van der Waals surface area contributed by atoms with Gasteiger partial charge in [0.1, 0.15) is 0 Å². The molecule has 1 fully saturated rings. The molecule has 0 radical (unpaired) electrons. The van der Waals surface area contributed by atoms with Crippen LogP contribution in [-0.4, -0.2) is 50.4 Å². The van der Waals surface area contributed by atoms with Crippen molar-refractivity contribution in [2.24, 2.45) is 5.92 Å². The highest BCUT2D eigenvalue weighted by Crippen LogP contribution is 2.12. The number of piperidine rings is 1. The molecule has 86 valence electrons. The van der Waals surface area contributed by atoms with Gasteiger partial charge < -0.3 is 15.5 Å². The molecule has 0 bridgehead atoms. The van der Waals surface area contributed by atoms with E-state index >= 15 is 0 Å². The van der Waals surface area contributed by atoms with Gasteiger partial charge in [0.25, 0.3) is 0 Å². The van der Waals surface area contributed by atoms with Gasteiger partial charge in [-0.25, -0.2) is 0 Å². The first-order valence-corrected chi connectivity index (χ1v) is 5.31. The molecule has 0 aliphatic carbocycles. The molecule has 1 aliphatic rings. The molecule has 5 heteroatoms. The molecule has 0 spiro atoms. The van der Waals surface area contributed by atoms with E-state index in [4.69, 9.17) is 0 Å². The van der Waals surface area contributed by atoms with Crippen LogP contribution in [0.3, 0.4) is 0 Å². The minimum absolute atomic E-state index is 0.0356. The van der Waals surface area contributed by atoms with Gasteiger partial charge in [-0.1, -0.05) is 0 Å². The van der Waals surface area contributed by atoms with Gasteiger partial charge in [-0.2, -0.15) is 0 Å². The van der Waals surface area contributed by atoms with Gasteiger partial charge in [0, 0.05) is 20.6 Å². The maximum absolute atomic E-state index is 11.9. The maximum Gasteiger partial charge on any atom is 0.239 e. The Morgan fingerprint density at radius 1 is 1.53 bits per heavy atom. The van der Waals surface area contributed by atoms with E-state index in [2.05, 4.69) is 10.6 Å². The first kappa shape index (κ1) is 12.0. The molecule has 0 aromatic heterocycles. The summed E-state index contributed by atoms with van der Waals surface area (Å²) in [5.74, 6) is -0.0335. The van der Waals surface area contributed by atoms with Crippen LogP contribution in [0, 0.1) is 5.92 Å². The second kappa shape index (κ2) is 5.70. The van der Waals surface area contributed by atoms with Crippen LogP contribution in [0.5, 0.6) is 0 Å². The fourth-order valence-corrected chi connectivity index (χ4v) is 1.75. The van der Waals surface area contributed by atoms with Gasteiger partial charge >= 0.3 is 0 Å². The van der Waals surface area contributed by atoms with Gasteiger partial charge in [0.05, 0.1) is 12.5 Å². The molecule has 0 aromatic carbocycles. The van der Waals surface area contributed by atoms with Crippen LogP contribution in [0.1, 0.15) is 12.8 Å². The van der Waals surface area contributed by atoms with Crippen molar-refractivity contribution in [2.45, 2.75) is 12.8 Å². The van der Waals surface area contributed by atoms with Crippen LogP contribution in [-0.2, 0) is 9.59 Å². The monoisotopic (exact) mass is 213 g/mol. The third kappa shape index (κ3) is 3.51. The summed E-state index contributed by atoms with van der Waals surface area (Å²) < 4.78 is 0. The van der Waals surface area contributed by atoms with Crippen molar-refractivity contribution in [3.8, 4) is 0 Å². The number of hydrogen-bond acceptors (Lipinski definition) is 3. The van der Waals surface area contributed by atoms with Crippen LogP contribution >= 0.6 is 0 Å². The van der Waals surface area contributed by atoms with E-state index in [-0.39, 0.29) is 24.3 Å². The average Bonchev–Trinajstić information content (AvgIpc) is 2.29. The molecule has 0 saturated carbocycles. The molecule has 1 rings (SSSR count). The van der Waals surface area contributed by atoms with Crippen molar-refractivity contribution >= 4 is 11.8 Å². The van der Waals surface area contributed by atoms with Crippen molar-refractivity contribution in [1.29, 1.82) is 0 Å². The molecule has 1 heterocycles. The molecule has 1 unspecified atom stereocenters. The van der Waals surface area contributed by atoms with Crippen LogP contribution in [0.15, 0.2) is 0 Å². The van der Waals surface area contributed by atoms with E-state index in [0.29, 0.717) is 0 Å². The molecule has 2 amide bonds. The smallest absolute Gasteiger partial charge is 0.239 e. The van der Waals surface area contributed by atoms with E-state index in [1.807, 2.05) is 0 Å². The lowest BCUT2D eigenvalue weighted by Crippen LogP contribution is -2.44. The Balaban J connectivity index is 2.40. The van der Waals surface area contributed by atoms with Gasteiger partial charge in [-0.15, -0.1) is 0 Å². The van der Waals surface area contributed by atoms with Crippen LogP contribution in [0.2, 0.25) is 0 Å². The molecular weight excluding hydrogens is 194 g/mol. The van der Waals surface area contributed by atoms with Gasteiger partial charge in [0.15, 0.2) is 0 Å². The summed E-state index contributed by atoms with van der Waals surface area (Å²) in [5.41, 5.74) is 0. The average molecular weight is 213 g/mol. The van der Waals surface area contributed by atoms with Crippen molar-refractivity contribution < 1.29 is 9.59 Å². The largest absolute Gasteiger partial charge is 0.358 e. The van der Waals surface area contributed by atoms with E-state index in [1.165, 1.54) is 4.90 Å². The summed E-state index contributed by atoms with van der Waals surface area (Å²) in [4.78, 5) is 24.4. The lowest BCUT2D eigenvalue weighted by atomic mass is 9.98. The molecule has 1 aliphatic heterocycles. The quantitative estimate of drug-likeness (QED) is 0.644. The highest BCUT2D eigenvalue weighted by molar-refractivity contribution is 5.85. The fourth-order valence-electron chi connectivity index (χ4n) is 1.75. The molecule has 1 saturated heterocycles. The number of carbonyl (C=O) groups is 2. The molecule has 2 N–H and O–H groups in total. The predicted octanol–water partition coefficient (Wildman–Crippen LogP) is -0.810. The predicted molar refractivity (Wildman–Crippen MR) is 57.3 cm³/mol. The Morgan fingerprint density at radius 2 is 2.27 bits per heavy atom. The number of likely N-dealkylation sites (N-methyl/N-ethyl adjacent to an activating group) is 2. The number of rotatable bonds is 3. The first-order valence-electron chi connectivity index (χ1n) is 5.31. The fraction of sp³-hybridized carbons (Fsp3) is 0.800. The van der Waals surface area contributed by atoms with E-state index < -0.39 is 0 Å². The molecule has 5 nitrogen and oxygen atoms in total. The van der Waals surface area contributed by atoms with Gasteiger partial charge in [0.2, 0.25) is 11.8 Å². The Morgan fingerprint density at radius 3 is 2.80 bits per heavy atom. The lowest BCUT2D eigenvalue weighted by molar-refractivity contribution is -0.138. The van der Waals surface area contributed by atoms with Crippen molar-refractivity contribution in [3.05, 3.63) is 0 Å². The summed E-state index contributed by atoms with van der Waals surface area (Å²) in [7, 11) is 3.25. The normalized spacial score (nSPS) is 20.8. The Kier molecular flexibility index (Phi) is 4.55. The van der Waals surface area contributed by atoms with Crippen molar-refractivity contribution in [3.63, 3.8) is 0 Å².